The molecule has 0 spiro atoms. The molecule has 0 saturated carbocycles. The van der Waals surface area contributed by atoms with E-state index in [9.17, 15) is 4.79 Å². The first-order valence-corrected chi connectivity index (χ1v) is 9.01. The van der Waals surface area contributed by atoms with Crippen LogP contribution in [0.1, 0.15) is 23.0 Å². The highest BCUT2D eigenvalue weighted by Crippen LogP contribution is 2.31. The molecular formula is C19H16ClNO3S. The van der Waals surface area contributed by atoms with Gasteiger partial charge in [0, 0.05) is 5.02 Å². The van der Waals surface area contributed by atoms with Crippen molar-refractivity contribution in [3.05, 3.63) is 70.3 Å². The molecular weight excluding hydrogens is 358 g/mol. The maximum Gasteiger partial charge on any atom is 0.358 e. The highest BCUT2D eigenvalue weighted by atomic mass is 35.5. The summed E-state index contributed by atoms with van der Waals surface area (Å²) < 4.78 is 10.9. The molecule has 0 unspecified atom stereocenters. The van der Waals surface area contributed by atoms with Crippen LogP contribution in [0.5, 0.6) is 5.75 Å². The van der Waals surface area contributed by atoms with Crippen LogP contribution in [0.15, 0.2) is 54.0 Å². The molecule has 0 aliphatic heterocycles. The monoisotopic (exact) mass is 373 g/mol. The first kappa shape index (κ1) is 17.5. The Morgan fingerprint density at radius 3 is 2.84 bits per heavy atom. The van der Waals surface area contributed by atoms with Crippen molar-refractivity contribution in [2.45, 2.75) is 13.5 Å². The molecule has 0 saturated heterocycles. The molecule has 0 aliphatic carbocycles. The van der Waals surface area contributed by atoms with Gasteiger partial charge in [-0.2, -0.15) is 0 Å². The fraction of sp³-hybridized carbons (Fsp3) is 0.158. The number of hydrogen-bond acceptors (Lipinski definition) is 5. The maximum absolute atomic E-state index is 12.0. The predicted molar refractivity (Wildman–Crippen MR) is 99.3 cm³/mol. The summed E-state index contributed by atoms with van der Waals surface area (Å²) in [5, 5.41) is 0.679. The minimum absolute atomic E-state index is 0.318. The molecule has 128 valence electrons. The van der Waals surface area contributed by atoms with E-state index < -0.39 is 5.97 Å². The molecule has 0 N–H and O–H groups in total. The molecule has 1 aromatic heterocycles. The van der Waals surface area contributed by atoms with Gasteiger partial charge in [-0.15, -0.1) is 11.3 Å². The molecule has 0 radical (unpaired) electrons. The summed E-state index contributed by atoms with van der Waals surface area (Å²) >= 11 is 7.38. The fourth-order valence-corrected chi connectivity index (χ4v) is 3.30. The van der Waals surface area contributed by atoms with Crippen molar-refractivity contribution in [3.63, 3.8) is 0 Å². The zero-order valence-corrected chi connectivity index (χ0v) is 15.1. The van der Waals surface area contributed by atoms with Gasteiger partial charge in [-0.3, -0.25) is 0 Å². The smallest absolute Gasteiger partial charge is 0.358 e. The second-order valence-electron chi connectivity index (χ2n) is 5.20. The van der Waals surface area contributed by atoms with Gasteiger partial charge >= 0.3 is 5.97 Å². The number of aromatic nitrogens is 1. The van der Waals surface area contributed by atoms with Crippen molar-refractivity contribution in [2.75, 3.05) is 6.61 Å². The normalized spacial score (nSPS) is 10.5. The number of esters is 1. The summed E-state index contributed by atoms with van der Waals surface area (Å²) in [6.07, 6.45) is 0. The van der Waals surface area contributed by atoms with E-state index in [4.69, 9.17) is 21.1 Å². The largest absolute Gasteiger partial charge is 0.489 e. The average Bonchev–Trinajstić information content (AvgIpc) is 3.10. The van der Waals surface area contributed by atoms with Gasteiger partial charge in [-0.25, -0.2) is 9.78 Å². The third-order valence-corrected chi connectivity index (χ3v) is 4.54. The molecule has 0 fully saturated rings. The minimum Gasteiger partial charge on any atom is -0.489 e. The summed E-state index contributed by atoms with van der Waals surface area (Å²) in [6, 6.07) is 15.1. The standard InChI is InChI=1S/C19H16ClNO3S/c1-2-23-19(22)17-18(25-12-21-17)14-6-4-8-16(10-14)24-11-13-5-3-7-15(20)9-13/h3-10,12H,2,11H2,1H3. The third-order valence-electron chi connectivity index (χ3n) is 3.43. The van der Waals surface area contributed by atoms with Crippen LogP contribution in [0.2, 0.25) is 5.02 Å². The van der Waals surface area contributed by atoms with Crippen LogP contribution in [0.25, 0.3) is 10.4 Å². The third kappa shape index (κ3) is 4.38. The number of nitrogens with zero attached hydrogens (tertiary/aromatic N) is 1. The Morgan fingerprint density at radius 1 is 1.20 bits per heavy atom. The molecule has 3 rings (SSSR count). The summed E-state index contributed by atoms with van der Waals surface area (Å²) in [5.41, 5.74) is 3.83. The number of benzene rings is 2. The zero-order chi connectivity index (χ0) is 17.6. The molecule has 0 aliphatic rings. The van der Waals surface area contributed by atoms with Gasteiger partial charge in [0.1, 0.15) is 12.4 Å². The van der Waals surface area contributed by atoms with E-state index in [0.29, 0.717) is 29.7 Å². The lowest BCUT2D eigenvalue weighted by atomic mass is 10.1. The van der Waals surface area contributed by atoms with Crippen molar-refractivity contribution in [1.82, 2.24) is 4.98 Å². The summed E-state index contributed by atoms with van der Waals surface area (Å²) in [6.45, 7) is 2.50. The van der Waals surface area contributed by atoms with E-state index in [0.717, 1.165) is 16.0 Å². The molecule has 2 aromatic carbocycles. The lowest BCUT2D eigenvalue weighted by Crippen LogP contribution is -2.06. The lowest BCUT2D eigenvalue weighted by Gasteiger charge is -2.08. The van der Waals surface area contributed by atoms with Gasteiger partial charge < -0.3 is 9.47 Å². The van der Waals surface area contributed by atoms with Crippen LogP contribution in [-0.4, -0.2) is 17.6 Å². The molecule has 3 aromatic rings. The van der Waals surface area contributed by atoms with Crippen molar-refractivity contribution in [3.8, 4) is 16.2 Å². The highest BCUT2D eigenvalue weighted by molar-refractivity contribution is 7.13. The molecule has 4 nitrogen and oxygen atoms in total. The Morgan fingerprint density at radius 2 is 2.04 bits per heavy atom. The van der Waals surface area contributed by atoms with Gasteiger partial charge in [0.2, 0.25) is 0 Å². The summed E-state index contributed by atoms with van der Waals surface area (Å²) in [7, 11) is 0. The van der Waals surface area contributed by atoms with Crippen LogP contribution in [0.4, 0.5) is 0 Å². The number of thiazole rings is 1. The van der Waals surface area contributed by atoms with Crippen molar-refractivity contribution < 1.29 is 14.3 Å². The number of hydrogen-bond donors (Lipinski definition) is 0. The molecule has 25 heavy (non-hydrogen) atoms. The molecule has 1 heterocycles. The first-order chi connectivity index (χ1) is 12.2. The van der Waals surface area contributed by atoms with Gasteiger partial charge in [0.05, 0.1) is 17.0 Å². The molecule has 0 amide bonds. The van der Waals surface area contributed by atoms with Gasteiger partial charge in [0.15, 0.2) is 5.69 Å². The van der Waals surface area contributed by atoms with E-state index in [2.05, 4.69) is 4.98 Å². The Bertz CT molecular complexity index is 878. The minimum atomic E-state index is -0.413. The number of carbonyl (C=O) groups excluding carboxylic acids is 1. The topological polar surface area (TPSA) is 48.4 Å². The Balaban J connectivity index is 1.78. The van der Waals surface area contributed by atoms with Crippen molar-refractivity contribution in [2.24, 2.45) is 0 Å². The van der Waals surface area contributed by atoms with Crippen LogP contribution in [0, 0.1) is 0 Å². The highest BCUT2D eigenvalue weighted by Gasteiger charge is 2.17. The zero-order valence-electron chi connectivity index (χ0n) is 13.6. The SMILES string of the molecule is CCOC(=O)c1ncsc1-c1cccc(OCc2cccc(Cl)c2)c1. The van der Waals surface area contributed by atoms with Gasteiger partial charge in [-0.05, 0) is 42.3 Å². The summed E-state index contributed by atoms with van der Waals surface area (Å²) in [5.74, 6) is 0.296. The number of ether oxygens (including phenoxy) is 2. The number of halogens is 1. The van der Waals surface area contributed by atoms with E-state index >= 15 is 0 Å². The second kappa shape index (κ2) is 8.14. The Kier molecular flexibility index (Phi) is 5.68. The van der Waals surface area contributed by atoms with Crippen LogP contribution < -0.4 is 4.74 Å². The van der Waals surface area contributed by atoms with E-state index in [-0.39, 0.29) is 0 Å². The lowest BCUT2D eigenvalue weighted by molar-refractivity contribution is 0.0521. The second-order valence-corrected chi connectivity index (χ2v) is 6.49. The number of rotatable bonds is 6. The molecule has 0 bridgehead atoms. The number of carbonyl (C=O) groups is 1. The Hall–Kier alpha value is -2.37. The molecule has 6 heteroatoms. The van der Waals surface area contributed by atoms with E-state index in [1.165, 1.54) is 11.3 Å². The molecule has 0 atom stereocenters. The first-order valence-electron chi connectivity index (χ1n) is 7.75. The van der Waals surface area contributed by atoms with Crippen molar-refractivity contribution >= 4 is 28.9 Å². The van der Waals surface area contributed by atoms with Gasteiger partial charge in [0.25, 0.3) is 0 Å². The fourth-order valence-electron chi connectivity index (χ4n) is 2.32. The van der Waals surface area contributed by atoms with Crippen LogP contribution in [0.3, 0.4) is 0 Å². The predicted octanol–water partition coefficient (Wildman–Crippen LogP) is 5.22. The van der Waals surface area contributed by atoms with E-state index in [1.54, 1.807) is 12.4 Å². The van der Waals surface area contributed by atoms with E-state index in [1.807, 2.05) is 48.5 Å². The average molecular weight is 374 g/mol. The maximum atomic E-state index is 12.0. The van der Waals surface area contributed by atoms with Crippen LogP contribution in [-0.2, 0) is 11.3 Å². The summed E-state index contributed by atoms with van der Waals surface area (Å²) in [4.78, 5) is 16.9. The quantitative estimate of drug-likeness (QED) is 0.556. The van der Waals surface area contributed by atoms with Gasteiger partial charge in [-0.1, -0.05) is 35.9 Å². The Labute approximate surface area is 155 Å². The van der Waals surface area contributed by atoms with Crippen molar-refractivity contribution in [1.29, 1.82) is 0 Å². The van der Waals surface area contributed by atoms with Crippen LogP contribution >= 0.6 is 22.9 Å².